The maximum Gasteiger partial charge on any atom is 0.332 e. The Morgan fingerprint density at radius 2 is 2.00 bits per heavy atom. The number of carbonyl (C=O) groups is 2. The topological polar surface area (TPSA) is 91.3 Å². The number of Topliss-reactive ketones (excluding diaryl/α,β-unsaturated/α-hetero) is 1. The fraction of sp³-hybridized carbons (Fsp3) is 0.867. The summed E-state index contributed by atoms with van der Waals surface area (Å²) in [5.41, 5.74) is 0.783. The van der Waals surface area contributed by atoms with Gasteiger partial charge in [-0.1, -0.05) is 31.4 Å². The van der Waals surface area contributed by atoms with E-state index in [4.69, 9.17) is 30.5 Å². The summed E-state index contributed by atoms with van der Waals surface area (Å²) >= 11 is 6.60. The summed E-state index contributed by atoms with van der Waals surface area (Å²) in [5.74, 6) is -0.179. The minimum atomic E-state index is -0.943. The van der Waals surface area contributed by atoms with Crippen molar-refractivity contribution in [2.75, 3.05) is 19.8 Å². The minimum absolute atomic E-state index is 0.0500. The molecule has 0 bridgehead atoms. The molecule has 7 atom stereocenters. The molecule has 3 aliphatic rings. The smallest absolute Gasteiger partial charge is 0.332 e. The van der Waals surface area contributed by atoms with Gasteiger partial charge < -0.3 is 24.1 Å². The minimum Gasteiger partial charge on any atom is -0.458 e. The molecule has 0 aromatic heterocycles. The number of hydrogen-bond acceptors (Lipinski definition) is 7. The number of ether oxygens (including phenoxy) is 4. The molecule has 1 N–H and O–H groups in total. The number of allylic oxidation sites excluding steroid dienone is 1. The molecule has 0 radical (unpaired) electrons. The molecule has 0 aromatic carbocycles. The van der Waals surface area contributed by atoms with Crippen LogP contribution < -0.4 is 0 Å². The number of halogens is 1. The van der Waals surface area contributed by atoms with E-state index in [0.29, 0.717) is 19.6 Å². The number of aliphatic hydroxyl groups excluding tert-OH is 1. The molecule has 1 saturated carbocycles. The summed E-state index contributed by atoms with van der Waals surface area (Å²) in [5, 5.41) is 10.5. The SMILES string of the molecule is CCCCCC(=O)C(Cl)C(O)[C@H]1[C@H]2CCC(CCOCC(=O)OC(C)(C)C)=C[C@H]2C[C@H]1OC1CCCCO1. The Morgan fingerprint density at radius 1 is 1.21 bits per heavy atom. The van der Waals surface area contributed by atoms with Crippen molar-refractivity contribution in [3.8, 4) is 0 Å². The predicted molar refractivity (Wildman–Crippen MR) is 147 cm³/mol. The highest BCUT2D eigenvalue weighted by Gasteiger charge is 2.50. The lowest BCUT2D eigenvalue weighted by Crippen LogP contribution is -2.44. The second-order valence-electron chi connectivity index (χ2n) is 12.2. The summed E-state index contributed by atoms with van der Waals surface area (Å²) in [7, 11) is 0. The Labute approximate surface area is 233 Å². The van der Waals surface area contributed by atoms with Crippen LogP contribution in [0.4, 0.5) is 0 Å². The van der Waals surface area contributed by atoms with Crippen molar-refractivity contribution >= 4 is 23.4 Å². The van der Waals surface area contributed by atoms with Crippen molar-refractivity contribution in [3.05, 3.63) is 11.6 Å². The first-order valence-electron chi connectivity index (χ1n) is 14.7. The van der Waals surface area contributed by atoms with Crippen LogP contribution in [0.1, 0.15) is 98.3 Å². The number of carbonyl (C=O) groups excluding carboxylic acids is 2. The molecular formula is C30H49ClO7. The standard InChI is InChI=1S/C30H49ClO7/c1-5-6-7-10-23(32)28(31)29(34)27-22-13-12-20(14-16-35-19-25(33)38-30(2,3)4)17-21(22)18-24(27)37-26-11-8-9-15-36-26/h17,21-22,24,26-29,34H,5-16,18-19H2,1-4H3/t21-,22-,24+,26?,27-,28?,29?/m0/s1. The fourth-order valence-corrected chi connectivity index (χ4v) is 6.42. The Kier molecular flexibility index (Phi) is 12.6. The van der Waals surface area contributed by atoms with Crippen LogP contribution in [0.25, 0.3) is 0 Å². The Balaban J connectivity index is 1.61. The van der Waals surface area contributed by atoms with Gasteiger partial charge in [0.05, 0.1) is 18.8 Å². The van der Waals surface area contributed by atoms with Crippen molar-refractivity contribution in [2.45, 2.75) is 128 Å². The molecule has 0 spiro atoms. The molecule has 1 saturated heterocycles. The number of aliphatic hydroxyl groups is 1. The molecule has 3 rings (SSSR count). The lowest BCUT2D eigenvalue weighted by atomic mass is 9.76. The molecule has 2 fully saturated rings. The molecule has 38 heavy (non-hydrogen) atoms. The number of alkyl halides is 1. The van der Waals surface area contributed by atoms with Gasteiger partial charge in [0.2, 0.25) is 0 Å². The zero-order chi connectivity index (χ0) is 27.7. The highest BCUT2D eigenvalue weighted by atomic mass is 35.5. The van der Waals surface area contributed by atoms with Crippen LogP contribution in [-0.2, 0) is 28.5 Å². The van der Waals surface area contributed by atoms with E-state index in [1.165, 1.54) is 5.57 Å². The molecule has 1 heterocycles. The monoisotopic (exact) mass is 556 g/mol. The number of esters is 1. The first-order valence-corrected chi connectivity index (χ1v) is 15.1. The Morgan fingerprint density at radius 3 is 2.68 bits per heavy atom. The second-order valence-corrected chi connectivity index (χ2v) is 12.7. The van der Waals surface area contributed by atoms with E-state index < -0.39 is 17.1 Å². The summed E-state index contributed by atoms with van der Waals surface area (Å²) in [6, 6.07) is 0. The number of unbranched alkanes of at least 4 members (excludes halogenated alkanes) is 2. The Hall–Kier alpha value is -0.990. The third-order valence-electron chi connectivity index (χ3n) is 7.93. The van der Waals surface area contributed by atoms with E-state index in [2.05, 4.69) is 13.0 Å². The van der Waals surface area contributed by atoms with E-state index in [-0.39, 0.29) is 48.5 Å². The first kappa shape index (κ1) is 31.5. The van der Waals surface area contributed by atoms with Gasteiger partial charge in [-0.2, -0.15) is 0 Å². The summed E-state index contributed by atoms with van der Waals surface area (Å²) < 4.78 is 23.2. The van der Waals surface area contributed by atoms with Crippen molar-refractivity contribution in [2.24, 2.45) is 17.8 Å². The first-order chi connectivity index (χ1) is 18.1. The molecule has 2 aliphatic carbocycles. The molecule has 0 aromatic rings. The van der Waals surface area contributed by atoms with Crippen molar-refractivity contribution in [1.82, 2.24) is 0 Å². The van der Waals surface area contributed by atoms with Crippen LogP contribution in [0.15, 0.2) is 11.6 Å². The molecule has 218 valence electrons. The molecule has 7 nitrogen and oxygen atoms in total. The zero-order valence-electron chi connectivity index (χ0n) is 23.8. The van der Waals surface area contributed by atoms with Crippen LogP contribution in [0, 0.1) is 17.8 Å². The number of rotatable bonds is 14. The van der Waals surface area contributed by atoms with Gasteiger partial charge in [0, 0.05) is 18.9 Å². The summed E-state index contributed by atoms with van der Waals surface area (Å²) in [4.78, 5) is 24.7. The van der Waals surface area contributed by atoms with Gasteiger partial charge in [-0.3, -0.25) is 4.79 Å². The highest BCUT2D eigenvalue weighted by Crippen LogP contribution is 2.49. The van der Waals surface area contributed by atoms with Crippen LogP contribution >= 0.6 is 11.6 Å². The van der Waals surface area contributed by atoms with Gasteiger partial charge in [-0.15, -0.1) is 11.6 Å². The third kappa shape index (κ3) is 9.58. The summed E-state index contributed by atoms with van der Waals surface area (Å²) in [6.45, 7) is 8.72. The van der Waals surface area contributed by atoms with E-state index in [1.54, 1.807) is 0 Å². The molecule has 8 heteroatoms. The van der Waals surface area contributed by atoms with Crippen LogP contribution in [0.2, 0.25) is 0 Å². The molecule has 0 amide bonds. The average molecular weight is 557 g/mol. The maximum atomic E-state index is 12.8. The van der Waals surface area contributed by atoms with Gasteiger partial charge >= 0.3 is 5.97 Å². The molecular weight excluding hydrogens is 508 g/mol. The zero-order valence-corrected chi connectivity index (χ0v) is 24.5. The fourth-order valence-electron chi connectivity index (χ4n) is 6.14. The van der Waals surface area contributed by atoms with E-state index >= 15 is 0 Å². The quantitative estimate of drug-likeness (QED) is 0.126. The van der Waals surface area contributed by atoms with Crippen molar-refractivity contribution < 1.29 is 33.6 Å². The van der Waals surface area contributed by atoms with Crippen molar-refractivity contribution in [1.29, 1.82) is 0 Å². The lowest BCUT2D eigenvalue weighted by Gasteiger charge is -2.35. The predicted octanol–water partition coefficient (Wildman–Crippen LogP) is 5.74. The average Bonchev–Trinajstić information content (AvgIpc) is 3.22. The van der Waals surface area contributed by atoms with Crippen molar-refractivity contribution in [3.63, 3.8) is 0 Å². The van der Waals surface area contributed by atoms with Gasteiger partial charge in [-0.05, 0) is 84.0 Å². The molecule has 1 aliphatic heterocycles. The van der Waals surface area contributed by atoms with Gasteiger partial charge in [0.25, 0.3) is 0 Å². The number of ketones is 1. The summed E-state index contributed by atoms with van der Waals surface area (Å²) in [6.07, 6.45) is 10.4. The second kappa shape index (κ2) is 15.1. The number of hydrogen-bond donors (Lipinski definition) is 1. The van der Waals surface area contributed by atoms with E-state index in [0.717, 1.165) is 64.2 Å². The van der Waals surface area contributed by atoms with Crippen LogP contribution in [0.5, 0.6) is 0 Å². The van der Waals surface area contributed by atoms with Crippen LogP contribution in [0.3, 0.4) is 0 Å². The largest absolute Gasteiger partial charge is 0.458 e. The molecule has 3 unspecified atom stereocenters. The highest BCUT2D eigenvalue weighted by molar-refractivity contribution is 6.31. The van der Waals surface area contributed by atoms with Gasteiger partial charge in [0.15, 0.2) is 12.1 Å². The third-order valence-corrected chi connectivity index (χ3v) is 8.43. The van der Waals surface area contributed by atoms with Gasteiger partial charge in [0.1, 0.15) is 17.6 Å². The van der Waals surface area contributed by atoms with E-state index in [1.807, 2.05) is 20.8 Å². The lowest BCUT2D eigenvalue weighted by molar-refractivity contribution is -0.202. The Bertz CT molecular complexity index is 786. The maximum absolute atomic E-state index is 12.8. The van der Waals surface area contributed by atoms with Crippen LogP contribution in [-0.4, -0.2) is 66.2 Å². The van der Waals surface area contributed by atoms with E-state index in [9.17, 15) is 14.7 Å². The normalized spacial score (nSPS) is 29.3. The van der Waals surface area contributed by atoms with Gasteiger partial charge in [-0.25, -0.2) is 4.79 Å². The number of fused-ring (bicyclic) bond motifs is 1.